The van der Waals surface area contributed by atoms with Gasteiger partial charge in [0, 0.05) is 12.2 Å². The minimum absolute atomic E-state index is 0.0990. The van der Waals surface area contributed by atoms with Gasteiger partial charge in [-0.05, 0) is 42.5 Å². The van der Waals surface area contributed by atoms with Crippen LogP contribution in [0.5, 0.6) is 0 Å². The minimum Gasteiger partial charge on any atom is -0.393 e. The third kappa shape index (κ3) is 6.04. The third-order valence-electron chi connectivity index (χ3n) is 3.81. The van der Waals surface area contributed by atoms with Crippen molar-refractivity contribution in [3.63, 3.8) is 0 Å². The molecule has 2 atom stereocenters. The number of hydrogen-bond acceptors (Lipinski definition) is 3. The molecule has 0 bridgehead atoms. The lowest BCUT2D eigenvalue weighted by atomic mass is 10.0. The second-order valence-corrected chi connectivity index (χ2v) is 6.30. The van der Waals surface area contributed by atoms with Crippen molar-refractivity contribution in [2.75, 3.05) is 11.9 Å². The highest BCUT2D eigenvalue weighted by atomic mass is 16.3. The van der Waals surface area contributed by atoms with Gasteiger partial charge in [-0.3, -0.25) is 9.59 Å². The Hall–Kier alpha value is -2.66. The van der Waals surface area contributed by atoms with Gasteiger partial charge in [0.05, 0.1) is 6.10 Å². The molecule has 0 saturated heterocycles. The van der Waals surface area contributed by atoms with E-state index in [1.165, 1.54) is 0 Å². The van der Waals surface area contributed by atoms with Crippen LogP contribution >= 0.6 is 0 Å². The molecule has 0 aliphatic rings. The Morgan fingerprint density at radius 3 is 2.12 bits per heavy atom. The van der Waals surface area contributed by atoms with Crippen LogP contribution in [0.2, 0.25) is 0 Å². The van der Waals surface area contributed by atoms with Crippen LogP contribution in [0.4, 0.5) is 5.69 Å². The monoisotopic (exact) mass is 340 g/mol. The predicted octanol–water partition coefficient (Wildman–Crippen LogP) is 2.82. The molecule has 5 heteroatoms. The highest BCUT2D eigenvalue weighted by Crippen LogP contribution is 2.20. The van der Waals surface area contributed by atoms with E-state index in [4.69, 9.17) is 0 Å². The number of carbonyl (C=O) groups is 2. The van der Waals surface area contributed by atoms with Gasteiger partial charge >= 0.3 is 11.8 Å². The maximum absolute atomic E-state index is 11.9. The topological polar surface area (TPSA) is 78.4 Å². The van der Waals surface area contributed by atoms with Crippen LogP contribution in [-0.4, -0.2) is 29.6 Å². The van der Waals surface area contributed by atoms with Gasteiger partial charge < -0.3 is 15.7 Å². The van der Waals surface area contributed by atoms with Crippen LogP contribution in [0.1, 0.15) is 20.3 Å². The highest BCUT2D eigenvalue weighted by Gasteiger charge is 2.15. The number of aliphatic hydroxyl groups is 1. The molecule has 2 rings (SSSR count). The van der Waals surface area contributed by atoms with E-state index in [0.717, 1.165) is 11.1 Å². The molecular formula is C20H24N2O3. The van der Waals surface area contributed by atoms with Gasteiger partial charge in [0.15, 0.2) is 0 Å². The standard InChI is InChI=1S/C20H24N2O3/c1-14(12-15(2)23)13-21-19(24)20(25)22-18-10-8-17(9-11-18)16-6-4-3-5-7-16/h3-11,14-15,23H,12-13H2,1-2H3,(H,21,24)(H,22,25). The van der Waals surface area contributed by atoms with E-state index in [2.05, 4.69) is 10.6 Å². The molecular weight excluding hydrogens is 316 g/mol. The first-order valence-corrected chi connectivity index (χ1v) is 8.38. The Labute approximate surface area is 148 Å². The lowest BCUT2D eigenvalue weighted by molar-refractivity contribution is -0.136. The Kier molecular flexibility index (Phi) is 6.71. The average Bonchev–Trinajstić information content (AvgIpc) is 2.60. The zero-order valence-corrected chi connectivity index (χ0v) is 14.5. The van der Waals surface area contributed by atoms with Gasteiger partial charge in [0.25, 0.3) is 0 Å². The second-order valence-electron chi connectivity index (χ2n) is 6.30. The van der Waals surface area contributed by atoms with Crippen molar-refractivity contribution in [1.29, 1.82) is 0 Å². The fourth-order valence-electron chi connectivity index (χ4n) is 2.58. The maximum atomic E-state index is 11.9. The predicted molar refractivity (Wildman–Crippen MR) is 99.0 cm³/mol. The first-order valence-electron chi connectivity index (χ1n) is 8.38. The zero-order valence-electron chi connectivity index (χ0n) is 14.5. The number of anilines is 1. The minimum atomic E-state index is -0.697. The zero-order chi connectivity index (χ0) is 18.2. The number of amides is 2. The molecule has 5 nitrogen and oxygen atoms in total. The van der Waals surface area contributed by atoms with Crippen molar-refractivity contribution in [3.8, 4) is 11.1 Å². The Morgan fingerprint density at radius 2 is 1.52 bits per heavy atom. The summed E-state index contributed by atoms with van der Waals surface area (Å²) in [7, 11) is 0. The lowest BCUT2D eigenvalue weighted by Gasteiger charge is -2.14. The molecule has 2 aromatic rings. The smallest absolute Gasteiger partial charge is 0.313 e. The van der Waals surface area contributed by atoms with Crippen LogP contribution in [0.3, 0.4) is 0 Å². The fourth-order valence-corrected chi connectivity index (χ4v) is 2.58. The van der Waals surface area contributed by atoms with Gasteiger partial charge in [-0.25, -0.2) is 0 Å². The van der Waals surface area contributed by atoms with Crippen LogP contribution in [0.25, 0.3) is 11.1 Å². The molecule has 25 heavy (non-hydrogen) atoms. The summed E-state index contributed by atoms with van der Waals surface area (Å²) in [4.78, 5) is 23.8. The van der Waals surface area contributed by atoms with Crippen LogP contribution in [0, 0.1) is 5.92 Å². The van der Waals surface area contributed by atoms with E-state index < -0.39 is 17.9 Å². The molecule has 0 heterocycles. The number of hydrogen-bond donors (Lipinski definition) is 3. The fraction of sp³-hybridized carbons (Fsp3) is 0.300. The first kappa shape index (κ1) is 18.7. The molecule has 2 aromatic carbocycles. The van der Waals surface area contributed by atoms with E-state index in [0.29, 0.717) is 18.7 Å². The van der Waals surface area contributed by atoms with E-state index in [-0.39, 0.29) is 5.92 Å². The summed E-state index contributed by atoms with van der Waals surface area (Å²) >= 11 is 0. The van der Waals surface area contributed by atoms with Gasteiger partial charge in [0.2, 0.25) is 0 Å². The molecule has 0 radical (unpaired) electrons. The number of carbonyl (C=O) groups excluding carboxylic acids is 2. The van der Waals surface area contributed by atoms with Gasteiger partial charge in [-0.15, -0.1) is 0 Å². The van der Waals surface area contributed by atoms with Crippen LogP contribution in [-0.2, 0) is 9.59 Å². The maximum Gasteiger partial charge on any atom is 0.313 e. The summed E-state index contributed by atoms with van der Waals surface area (Å²) in [5.41, 5.74) is 2.69. The van der Waals surface area contributed by atoms with Crippen molar-refractivity contribution >= 4 is 17.5 Å². The quantitative estimate of drug-likeness (QED) is 0.708. The van der Waals surface area contributed by atoms with E-state index in [1.54, 1.807) is 19.1 Å². The largest absolute Gasteiger partial charge is 0.393 e. The van der Waals surface area contributed by atoms with Gasteiger partial charge in [-0.2, -0.15) is 0 Å². The number of nitrogens with one attached hydrogen (secondary N) is 2. The Morgan fingerprint density at radius 1 is 0.920 bits per heavy atom. The number of rotatable bonds is 6. The van der Waals surface area contributed by atoms with Crippen molar-refractivity contribution in [3.05, 3.63) is 54.6 Å². The molecule has 0 aliphatic heterocycles. The second kappa shape index (κ2) is 8.99. The normalized spacial score (nSPS) is 12.9. The molecule has 132 valence electrons. The molecule has 3 N–H and O–H groups in total. The van der Waals surface area contributed by atoms with Crippen molar-refractivity contribution in [2.45, 2.75) is 26.4 Å². The van der Waals surface area contributed by atoms with Crippen molar-refractivity contribution in [2.24, 2.45) is 5.92 Å². The summed E-state index contributed by atoms with van der Waals surface area (Å²) in [5.74, 6) is -1.27. The first-order chi connectivity index (χ1) is 12.0. The summed E-state index contributed by atoms with van der Waals surface area (Å²) in [6, 6.07) is 17.2. The van der Waals surface area contributed by atoms with Crippen molar-refractivity contribution in [1.82, 2.24) is 5.32 Å². The third-order valence-corrected chi connectivity index (χ3v) is 3.81. The molecule has 0 aromatic heterocycles. The van der Waals surface area contributed by atoms with Gasteiger partial charge in [0.1, 0.15) is 0 Å². The summed E-state index contributed by atoms with van der Waals surface area (Å²) < 4.78 is 0. The molecule has 0 spiro atoms. The van der Waals surface area contributed by atoms with Gasteiger partial charge in [-0.1, -0.05) is 49.4 Å². The van der Waals surface area contributed by atoms with E-state index in [1.807, 2.05) is 49.4 Å². The van der Waals surface area contributed by atoms with Crippen molar-refractivity contribution < 1.29 is 14.7 Å². The van der Waals surface area contributed by atoms with Crippen LogP contribution < -0.4 is 10.6 Å². The number of aliphatic hydroxyl groups excluding tert-OH is 1. The summed E-state index contributed by atoms with van der Waals surface area (Å²) in [6.45, 7) is 3.96. The molecule has 0 fully saturated rings. The summed E-state index contributed by atoms with van der Waals surface area (Å²) in [5, 5.41) is 14.5. The highest BCUT2D eigenvalue weighted by molar-refractivity contribution is 6.39. The molecule has 0 aliphatic carbocycles. The number of benzene rings is 2. The van der Waals surface area contributed by atoms with E-state index in [9.17, 15) is 14.7 Å². The molecule has 0 saturated carbocycles. The lowest BCUT2D eigenvalue weighted by Crippen LogP contribution is -2.38. The average molecular weight is 340 g/mol. The van der Waals surface area contributed by atoms with Crippen LogP contribution in [0.15, 0.2) is 54.6 Å². The summed E-state index contributed by atoms with van der Waals surface area (Å²) in [6.07, 6.45) is 0.145. The molecule has 2 unspecified atom stereocenters. The van der Waals surface area contributed by atoms with E-state index >= 15 is 0 Å². The Balaban J connectivity index is 1.86. The molecule has 2 amide bonds. The SMILES string of the molecule is CC(O)CC(C)CNC(=O)C(=O)Nc1ccc(-c2ccccc2)cc1. The Bertz CT molecular complexity index is 697.